The van der Waals surface area contributed by atoms with Gasteiger partial charge < -0.3 is 14.3 Å². The normalized spacial score (nSPS) is 15.9. The molecule has 0 radical (unpaired) electrons. The summed E-state index contributed by atoms with van der Waals surface area (Å²) in [6.07, 6.45) is 0. The first-order chi connectivity index (χ1) is 17.5. The van der Waals surface area contributed by atoms with E-state index in [1.807, 2.05) is 6.07 Å². The minimum absolute atomic E-state index is 0.0114. The molecule has 2 aromatic heterocycles. The number of Topliss-reactive ketones (excluding diaryl/α,β-unsaturated/α-hetero) is 1. The fourth-order valence-corrected chi connectivity index (χ4v) is 5.68. The smallest absolute Gasteiger partial charge is 0.296 e. The molecule has 1 atom stereocenters. The van der Waals surface area contributed by atoms with Gasteiger partial charge in [0.1, 0.15) is 0 Å². The molecule has 5 aromatic rings. The van der Waals surface area contributed by atoms with E-state index in [9.17, 15) is 14.7 Å². The molecule has 9 heteroatoms. The number of para-hydroxylation sites is 1. The van der Waals surface area contributed by atoms with Crippen molar-refractivity contribution < 1.29 is 23.8 Å². The molecule has 7 nitrogen and oxygen atoms in total. The standard InChI is InChI=1S/C27H17ClN2O5S/c1-34-18-9-5-8-15-12-19(35-25(15)18)23(31)21-22(14-6-3-2-4-7-14)30(26(33)24(21)32)27-29-17-11-10-16(28)13-20(17)36-27/h2-13,22,32H,1H3. The summed E-state index contributed by atoms with van der Waals surface area (Å²) in [6, 6.07) is 20.2. The predicted molar refractivity (Wildman–Crippen MR) is 138 cm³/mol. The third-order valence-electron chi connectivity index (χ3n) is 6.07. The number of aliphatic hydroxyl groups excluding tert-OH is 1. The van der Waals surface area contributed by atoms with Crippen LogP contribution in [0.25, 0.3) is 21.2 Å². The second kappa shape index (κ2) is 8.51. The summed E-state index contributed by atoms with van der Waals surface area (Å²) in [5, 5.41) is 12.6. The summed E-state index contributed by atoms with van der Waals surface area (Å²) in [5.74, 6) is -1.49. The molecule has 1 unspecified atom stereocenters. The van der Waals surface area contributed by atoms with E-state index in [4.69, 9.17) is 20.8 Å². The predicted octanol–water partition coefficient (Wildman–Crippen LogP) is 6.49. The largest absolute Gasteiger partial charge is 0.503 e. The van der Waals surface area contributed by atoms with Gasteiger partial charge in [0.25, 0.3) is 5.91 Å². The number of carbonyl (C=O) groups is 2. The molecule has 3 aromatic carbocycles. The zero-order valence-corrected chi connectivity index (χ0v) is 20.3. The van der Waals surface area contributed by atoms with E-state index in [-0.39, 0.29) is 11.3 Å². The molecule has 0 fully saturated rings. The highest BCUT2D eigenvalue weighted by atomic mass is 35.5. The Kier molecular flexibility index (Phi) is 5.28. The van der Waals surface area contributed by atoms with E-state index in [1.165, 1.54) is 23.3 Å². The van der Waals surface area contributed by atoms with Crippen molar-refractivity contribution in [3.63, 3.8) is 0 Å². The number of benzene rings is 3. The number of ketones is 1. The quantitative estimate of drug-likeness (QED) is 0.268. The van der Waals surface area contributed by atoms with Crippen LogP contribution in [-0.2, 0) is 4.79 Å². The number of carbonyl (C=O) groups excluding carboxylic acids is 2. The molecular weight excluding hydrogens is 500 g/mol. The number of amides is 1. The minimum Gasteiger partial charge on any atom is -0.503 e. The Bertz CT molecular complexity index is 1710. The first-order valence-electron chi connectivity index (χ1n) is 10.9. The summed E-state index contributed by atoms with van der Waals surface area (Å²) >= 11 is 7.39. The molecular formula is C27H17ClN2O5S. The number of hydrogen-bond acceptors (Lipinski definition) is 7. The number of fused-ring (bicyclic) bond motifs is 2. The van der Waals surface area contributed by atoms with E-state index in [2.05, 4.69) is 4.98 Å². The van der Waals surface area contributed by atoms with Crippen LogP contribution in [0.2, 0.25) is 5.02 Å². The van der Waals surface area contributed by atoms with Gasteiger partial charge in [0.15, 0.2) is 28.0 Å². The van der Waals surface area contributed by atoms with Crippen molar-refractivity contribution >= 4 is 60.9 Å². The van der Waals surface area contributed by atoms with Crippen LogP contribution in [-0.4, -0.2) is 28.9 Å². The third kappa shape index (κ3) is 3.45. The summed E-state index contributed by atoms with van der Waals surface area (Å²) in [6.45, 7) is 0. The maximum absolute atomic E-state index is 13.8. The van der Waals surface area contributed by atoms with Crippen LogP contribution in [0, 0.1) is 0 Å². The Morgan fingerprint density at radius 1 is 1.11 bits per heavy atom. The molecule has 178 valence electrons. The summed E-state index contributed by atoms with van der Waals surface area (Å²) in [4.78, 5) is 33.1. The zero-order valence-electron chi connectivity index (χ0n) is 18.8. The number of nitrogens with zero attached hydrogens (tertiary/aromatic N) is 2. The Morgan fingerprint density at radius 2 is 1.92 bits per heavy atom. The van der Waals surface area contributed by atoms with E-state index in [0.29, 0.717) is 38.0 Å². The highest BCUT2D eigenvalue weighted by molar-refractivity contribution is 7.22. The van der Waals surface area contributed by atoms with Gasteiger partial charge in [-0.25, -0.2) is 4.98 Å². The van der Waals surface area contributed by atoms with E-state index < -0.39 is 23.5 Å². The number of hydrogen-bond donors (Lipinski definition) is 1. The Hall–Kier alpha value is -4.14. The van der Waals surface area contributed by atoms with Gasteiger partial charge in [0.05, 0.1) is 28.9 Å². The van der Waals surface area contributed by atoms with Crippen LogP contribution in [0.3, 0.4) is 0 Å². The van der Waals surface area contributed by atoms with Crippen molar-refractivity contribution in [1.29, 1.82) is 0 Å². The van der Waals surface area contributed by atoms with Crippen molar-refractivity contribution in [3.8, 4) is 5.75 Å². The topological polar surface area (TPSA) is 92.9 Å². The molecule has 1 aliphatic rings. The Balaban J connectivity index is 1.50. The maximum Gasteiger partial charge on any atom is 0.296 e. The van der Waals surface area contributed by atoms with Gasteiger partial charge in [-0.1, -0.05) is 65.4 Å². The SMILES string of the molecule is COc1cccc2cc(C(=O)C3=C(O)C(=O)N(c4nc5ccc(Cl)cc5s4)C3c3ccccc3)oc12. The molecule has 36 heavy (non-hydrogen) atoms. The molecule has 0 spiro atoms. The molecule has 6 rings (SSSR count). The number of methoxy groups -OCH3 is 1. The highest BCUT2D eigenvalue weighted by Gasteiger charge is 2.46. The average molecular weight is 517 g/mol. The van der Waals surface area contributed by atoms with Crippen LogP contribution in [0.15, 0.2) is 88.5 Å². The monoisotopic (exact) mass is 516 g/mol. The van der Waals surface area contributed by atoms with Gasteiger partial charge >= 0.3 is 0 Å². The van der Waals surface area contributed by atoms with Crippen LogP contribution in [0.4, 0.5) is 5.13 Å². The molecule has 1 aliphatic heterocycles. The zero-order chi connectivity index (χ0) is 25.0. The minimum atomic E-state index is -0.905. The molecule has 0 bridgehead atoms. The highest BCUT2D eigenvalue weighted by Crippen LogP contribution is 2.45. The fraction of sp³-hybridized carbons (Fsp3) is 0.0741. The lowest BCUT2D eigenvalue weighted by Gasteiger charge is -2.24. The van der Waals surface area contributed by atoms with Gasteiger partial charge in [0.2, 0.25) is 5.78 Å². The van der Waals surface area contributed by atoms with Gasteiger partial charge in [0, 0.05) is 10.4 Å². The average Bonchev–Trinajstić information content (AvgIpc) is 3.58. The second-order valence-electron chi connectivity index (χ2n) is 8.18. The lowest BCUT2D eigenvalue weighted by atomic mass is 9.95. The first-order valence-corrected chi connectivity index (χ1v) is 12.1. The van der Waals surface area contributed by atoms with Gasteiger partial charge in [-0.15, -0.1) is 0 Å². The molecule has 1 N–H and O–H groups in total. The number of furan rings is 1. The van der Waals surface area contributed by atoms with Crippen molar-refractivity contribution in [2.45, 2.75) is 6.04 Å². The van der Waals surface area contributed by atoms with Crippen molar-refractivity contribution in [2.75, 3.05) is 12.0 Å². The van der Waals surface area contributed by atoms with Crippen LogP contribution in [0.1, 0.15) is 22.2 Å². The number of aliphatic hydroxyl groups is 1. The number of halogens is 1. The van der Waals surface area contributed by atoms with Crippen LogP contribution in [0.5, 0.6) is 5.75 Å². The third-order valence-corrected chi connectivity index (χ3v) is 7.32. The number of rotatable bonds is 5. The maximum atomic E-state index is 13.8. The first kappa shape index (κ1) is 22.3. The Morgan fingerprint density at radius 3 is 2.69 bits per heavy atom. The fourth-order valence-electron chi connectivity index (χ4n) is 4.42. The van der Waals surface area contributed by atoms with Gasteiger partial charge in [-0.2, -0.15) is 0 Å². The lowest BCUT2D eigenvalue weighted by molar-refractivity contribution is -0.117. The number of thiazole rings is 1. The van der Waals surface area contributed by atoms with E-state index in [0.717, 1.165) is 4.70 Å². The van der Waals surface area contributed by atoms with E-state index >= 15 is 0 Å². The molecule has 0 saturated carbocycles. The summed E-state index contributed by atoms with van der Waals surface area (Å²) in [7, 11) is 1.51. The van der Waals surface area contributed by atoms with Crippen molar-refractivity contribution in [1.82, 2.24) is 4.98 Å². The molecule has 0 aliphatic carbocycles. The van der Waals surface area contributed by atoms with Crippen molar-refractivity contribution in [3.05, 3.63) is 100 Å². The molecule has 0 saturated heterocycles. The number of aromatic nitrogens is 1. The number of anilines is 1. The van der Waals surface area contributed by atoms with Crippen LogP contribution >= 0.6 is 22.9 Å². The second-order valence-corrected chi connectivity index (χ2v) is 9.62. The van der Waals surface area contributed by atoms with Gasteiger partial charge in [-0.05, 0) is 35.9 Å². The Labute approximate surface area is 213 Å². The van der Waals surface area contributed by atoms with Crippen molar-refractivity contribution in [2.24, 2.45) is 0 Å². The van der Waals surface area contributed by atoms with Crippen LogP contribution < -0.4 is 9.64 Å². The lowest BCUT2D eigenvalue weighted by Crippen LogP contribution is -2.30. The van der Waals surface area contributed by atoms with E-state index in [1.54, 1.807) is 66.7 Å². The molecule has 1 amide bonds. The number of ether oxygens (including phenoxy) is 1. The van der Waals surface area contributed by atoms with Gasteiger partial charge in [-0.3, -0.25) is 14.5 Å². The summed E-state index contributed by atoms with van der Waals surface area (Å²) in [5.41, 5.74) is 1.62. The summed E-state index contributed by atoms with van der Waals surface area (Å²) < 4.78 is 12.0. The molecule has 3 heterocycles.